The average molecular weight is 412 g/mol. The topological polar surface area (TPSA) is 79.4 Å². The Morgan fingerprint density at radius 1 is 1.23 bits per heavy atom. The summed E-state index contributed by atoms with van der Waals surface area (Å²) in [5.41, 5.74) is 1.88. The number of amides is 1. The fraction of sp³-hybridized carbons (Fsp3) is 0.412. The van der Waals surface area contributed by atoms with Crippen LogP contribution in [0.1, 0.15) is 40.2 Å². The summed E-state index contributed by atoms with van der Waals surface area (Å²) in [6.45, 7) is 0.439. The molecule has 1 fully saturated rings. The lowest BCUT2D eigenvalue weighted by Gasteiger charge is -2.28. The minimum Gasteiger partial charge on any atom is -0.298 e. The molecule has 0 bridgehead atoms. The molecule has 1 amide bonds. The summed E-state index contributed by atoms with van der Waals surface area (Å²) >= 11 is 7.78. The van der Waals surface area contributed by atoms with Crippen molar-refractivity contribution in [1.29, 1.82) is 0 Å². The Balaban J connectivity index is 1.54. The van der Waals surface area contributed by atoms with E-state index in [-0.39, 0.29) is 16.7 Å². The normalized spacial score (nSPS) is 18.6. The van der Waals surface area contributed by atoms with Crippen molar-refractivity contribution in [3.8, 4) is 0 Å². The number of carbonyl (C=O) groups is 1. The van der Waals surface area contributed by atoms with Crippen molar-refractivity contribution in [2.45, 2.75) is 32.1 Å². The first-order valence-corrected chi connectivity index (χ1v) is 11.3. The minimum absolute atomic E-state index is 0.140. The largest absolute Gasteiger partial charge is 0.298 e. The van der Waals surface area contributed by atoms with Crippen molar-refractivity contribution in [3.63, 3.8) is 0 Å². The molecule has 138 valence electrons. The molecule has 0 radical (unpaired) electrons. The Bertz CT molecular complexity index is 950. The third kappa shape index (κ3) is 3.33. The lowest BCUT2D eigenvalue weighted by atomic mass is 10.2. The molecule has 1 aliphatic carbocycles. The standard InChI is InChI=1S/C17H18ClN3O3S2/c18-13-10-11(21-8-1-2-9-26(21,23)24)6-7-12(13)16(22)20-17-19-14-4-3-5-15(14)25-17/h6-7,10H,1-5,8-9H2,(H,19,20,22). The van der Waals surface area contributed by atoms with E-state index in [4.69, 9.17) is 11.6 Å². The molecule has 6 nitrogen and oxygen atoms in total. The molecule has 1 aromatic heterocycles. The predicted octanol–water partition coefficient (Wildman–Crippen LogP) is 3.47. The molecule has 0 spiro atoms. The highest BCUT2D eigenvalue weighted by atomic mass is 35.5. The van der Waals surface area contributed by atoms with Crippen molar-refractivity contribution < 1.29 is 13.2 Å². The van der Waals surface area contributed by atoms with E-state index in [0.717, 1.165) is 31.4 Å². The maximum Gasteiger partial charge on any atom is 0.258 e. The molecular weight excluding hydrogens is 394 g/mol. The number of halogens is 1. The number of sulfonamides is 1. The molecule has 4 rings (SSSR count). The molecule has 9 heteroatoms. The smallest absolute Gasteiger partial charge is 0.258 e. The van der Waals surface area contributed by atoms with Crippen molar-refractivity contribution >= 4 is 49.7 Å². The predicted molar refractivity (Wildman–Crippen MR) is 104 cm³/mol. The van der Waals surface area contributed by atoms with Gasteiger partial charge in [0.15, 0.2) is 5.13 Å². The van der Waals surface area contributed by atoms with Gasteiger partial charge < -0.3 is 0 Å². The number of hydrogen-bond donors (Lipinski definition) is 1. The number of rotatable bonds is 3. The second kappa shape index (κ2) is 6.83. The third-order valence-corrected chi connectivity index (χ3v) is 7.91. The Morgan fingerprint density at radius 3 is 2.81 bits per heavy atom. The molecule has 26 heavy (non-hydrogen) atoms. The molecule has 1 saturated heterocycles. The van der Waals surface area contributed by atoms with Crippen LogP contribution in [-0.4, -0.2) is 31.6 Å². The number of aromatic nitrogens is 1. The lowest BCUT2D eigenvalue weighted by Crippen LogP contribution is -2.37. The number of nitrogens with one attached hydrogen (secondary N) is 1. The van der Waals surface area contributed by atoms with Gasteiger partial charge in [-0.2, -0.15) is 0 Å². The summed E-state index contributed by atoms with van der Waals surface area (Å²) < 4.78 is 25.8. The fourth-order valence-electron chi connectivity index (χ4n) is 3.33. The van der Waals surface area contributed by atoms with Crippen LogP contribution < -0.4 is 9.62 Å². The van der Waals surface area contributed by atoms with E-state index in [1.165, 1.54) is 20.5 Å². The number of fused-ring (bicyclic) bond motifs is 1. The number of benzene rings is 1. The summed E-state index contributed by atoms with van der Waals surface area (Å²) in [7, 11) is -3.31. The van der Waals surface area contributed by atoms with Crippen LogP contribution in [0.2, 0.25) is 5.02 Å². The Kier molecular flexibility index (Phi) is 4.66. The number of anilines is 2. The molecule has 1 N–H and O–H groups in total. The van der Waals surface area contributed by atoms with Gasteiger partial charge in [0.25, 0.3) is 5.91 Å². The van der Waals surface area contributed by atoms with E-state index in [0.29, 0.717) is 29.3 Å². The second-order valence-electron chi connectivity index (χ2n) is 6.46. The van der Waals surface area contributed by atoms with Crippen LogP contribution in [0, 0.1) is 0 Å². The Labute approximate surface area is 161 Å². The maximum atomic E-state index is 12.5. The molecule has 0 unspecified atom stereocenters. The van der Waals surface area contributed by atoms with Gasteiger partial charge in [-0.25, -0.2) is 13.4 Å². The van der Waals surface area contributed by atoms with Gasteiger partial charge in [-0.1, -0.05) is 11.6 Å². The van der Waals surface area contributed by atoms with Crippen LogP contribution in [0.4, 0.5) is 10.8 Å². The minimum atomic E-state index is -3.31. The molecule has 1 aromatic carbocycles. The molecular formula is C17H18ClN3O3S2. The van der Waals surface area contributed by atoms with E-state index < -0.39 is 10.0 Å². The first kappa shape index (κ1) is 17.8. The van der Waals surface area contributed by atoms with Crippen LogP contribution in [0.5, 0.6) is 0 Å². The lowest BCUT2D eigenvalue weighted by molar-refractivity contribution is 0.102. The molecule has 0 saturated carbocycles. The van der Waals surface area contributed by atoms with Crippen LogP contribution in [0.25, 0.3) is 0 Å². The fourth-order valence-corrected chi connectivity index (χ4v) is 6.27. The van der Waals surface area contributed by atoms with Crippen molar-refractivity contribution in [1.82, 2.24) is 4.98 Å². The summed E-state index contributed by atoms with van der Waals surface area (Å²) in [6, 6.07) is 4.74. The van der Waals surface area contributed by atoms with Crippen LogP contribution >= 0.6 is 22.9 Å². The van der Waals surface area contributed by atoms with Gasteiger partial charge in [-0.3, -0.25) is 14.4 Å². The monoisotopic (exact) mass is 411 g/mol. The van der Waals surface area contributed by atoms with Gasteiger partial charge in [-0.15, -0.1) is 11.3 Å². The van der Waals surface area contributed by atoms with Gasteiger partial charge in [0.2, 0.25) is 10.0 Å². The number of nitrogens with zero attached hydrogens (tertiary/aromatic N) is 2. The highest BCUT2D eigenvalue weighted by Crippen LogP contribution is 2.32. The van der Waals surface area contributed by atoms with Crippen LogP contribution in [0.15, 0.2) is 18.2 Å². The average Bonchev–Trinajstić information content (AvgIpc) is 3.15. The third-order valence-electron chi connectivity index (χ3n) is 4.65. The highest BCUT2D eigenvalue weighted by Gasteiger charge is 2.27. The number of thiazole rings is 1. The zero-order chi connectivity index (χ0) is 18.3. The summed E-state index contributed by atoms with van der Waals surface area (Å²) in [5.74, 6) is -0.197. The van der Waals surface area contributed by atoms with E-state index >= 15 is 0 Å². The first-order chi connectivity index (χ1) is 12.4. The Morgan fingerprint density at radius 2 is 2.08 bits per heavy atom. The van der Waals surface area contributed by atoms with Gasteiger partial charge in [-0.05, 0) is 50.3 Å². The van der Waals surface area contributed by atoms with E-state index in [1.54, 1.807) is 18.2 Å². The second-order valence-corrected chi connectivity index (χ2v) is 9.96. The molecule has 2 aliphatic rings. The van der Waals surface area contributed by atoms with Crippen molar-refractivity contribution in [2.24, 2.45) is 0 Å². The summed E-state index contributed by atoms with van der Waals surface area (Å²) in [5, 5.41) is 3.60. The van der Waals surface area contributed by atoms with Gasteiger partial charge >= 0.3 is 0 Å². The SMILES string of the molecule is O=C(Nc1nc2c(s1)CCC2)c1ccc(N2CCCCS2(=O)=O)cc1Cl. The Hall–Kier alpha value is -1.64. The van der Waals surface area contributed by atoms with E-state index in [1.807, 2.05) is 0 Å². The molecule has 2 heterocycles. The molecule has 1 aliphatic heterocycles. The zero-order valence-corrected chi connectivity index (χ0v) is 16.4. The van der Waals surface area contributed by atoms with Crippen LogP contribution in [-0.2, 0) is 22.9 Å². The van der Waals surface area contributed by atoms with Crippen molar-refractivity contribution in [2.75, 3.05) is 21.9 Å². The number of hydrogen-bond acceptors (Lipinski definition) is 5. The summed E-state index contributed by atoms with van der Waals surface area (Å²) in [6.07, 6.45) is 4.58. The van der Waals surface area contributed by atoms with E-state index in [2.05, 4.69) is 10.3 Å². The zero-order valence-electron chi connectivity index (χ0n) is 14.0. The number of carbonyl (C=O) groups excluding carboxylic acids is 1. The van der Waals surface area contributed by atoms with Crippen molar-refractivity contribution in [3.05, 3.63) is 39.4 Å². The first-order valence-electron chi connectivity index (χ1n) is 8.54. The molecule has 2 aromatic rings. The van der Waals surface area contributed by atoms with Gasteiger partial charge in [0, 0.05) is 11.4 Å². The quantitative estimate of drug-likeness (QED) is 0.838. The molecule has 0 atom stereocenters. The van der Waals surface area contributed by atoms with Gasteiger partial charge in [0.1, 0.15) is 0 Å². The van der Waals surface area contributed by atoms with Gasteiger partial charge in [0.05, 0.1) is 27.7 Å². The highest BCUT2D eigenvalue weighted by molar-refractivity contribution is 7.92. The summed E-state index contributed by atoms with van der Waals surface area (Å²) in [4.78, 5) is 18.2. The maximum absolute atomic E-state index is 12.5. The number of aryl methyl sites for hydroxylation is 2. The van der Waals surface area contributed by atoms with Crippen LogP contribution in [0.3, 0.4) is 0 Å². The van der Waals surface area contributed by atoms with E-state index in [9.17, 15) is 13.2 Å².